The van der Waals surface area contributed by atoms with Gasteiger partial charge >= 0.3 is 0 Å². The van der Waals surface area contributed by atoms with E-state index >= 15 is 0 Å². The molecule has 3 amide bonds. The van der Waals surface area contributed by atoms with Crippen molar-refractivity contribution in [1.29, 1.82) is 0 Å². The fourth-order valence-electron chi connectivity index (χ4n) is 5.26. The van der Waals surface area contributed by atoms with E-state index in [9.17, 15) is 14.4 Å². The monoisotopic (exact) mass is 528 g/mol. The van der Waals surface area contributed by atoms with E-state index in [1.165, 1.54) is 0 Å². The molecular weight excluding hydrogens is 496 g/mol. The summed E-state index contributed by atoms with van der Waals surface area (Å²) in [5.41, 5.74) is 1.76. The highest BCUT2D eigenvalue weighted by Gasteiger charge is 2.54. The van der Waals surface area contributed by atoms with Gasteiger partial charge in [-0.25, -0.2) is 0 Å². The Hall–Kier alpha value is -4.24. The molecule has 1 aromatic heterocycles. The second-order valence-corrected chi connectivity index (χ2v) is 9.88. The third-order valence-electron chi connectivity index (χ3n) is 7.39. The fourth-order valence-corrected chi connectivity index (χ4v) is 5.26. The largest absolute Gasteiger partial charge is 0.497 e. The van der Waals surface area contributed by atoms with Gasteiger partial charge in [0.25, 0.3) is 11.8 Å². The van der Waals surface area contributed by atoms with Crippen molar-refractivity contribution in [2.75, 3.05) is 26.8 Å². The number of carbonyl (C=O) groups excluding carboxylic acids is 3. The van der Waals surface area contributed by atoms with Crippen molar-refractivity contribution < 1.29 is 23.9 Å². The standard InChI is InChI=1S/C30H32N4O5/c1-21-6-5-7-23(18-21)29(37)34-26(27(35)32-19-24-8-3-4-15-31-24)20-39-30(34)13-16-33(17-14-30)28(36)22-9-11-25(38-2)12-10-22/h3-12,15,18,26H,13-14,16-17,19-20H2,1-2H3,(H,32,35). The third-order valence-corrected chi connectivity index (χ3v) is 7.39. The maximum absolute atomic E-state index is 13.9. The summed E-state index contributed by atoms with van der Waals surface area (Å²) in [7, 11) is 1.58. The number of nitrogens with zero attached hydrogens (tertiary/aromatic N) is 3. The molecule has 2 fully saturated rings. The van der Waals surface area contributed by atoms with E-state index in [4.69, 9.17) is 9.47 Å². The molecule has 0 aliphatic carbocycles. The summed E-state index contributed by atoms with van der Waals surface area (Å²) in [5, 5.41) is 2.92. The number of aryl methyl sites for hydroxylation is 1. The van der Waals surface area contributed by atoms with Gasteiger partial charge in [0.2, 0.25) is 5.91 Å². The van der Waals surface area contributed by atoms with E-state index in [2.05, 4.69) is 10.3 Å². The fraction of sp³-hybridized carbons (Fsp3) is 0.333. The van der Waals surface area contributed by atoms with Gasteiger partial charge in [-0.3, -0.25) is 24.3 Å². The maximum atomic E-state index is 13.9. The summed E-state index contributed by atoms with van der Waals surface area (Å²) in [6.45, 7) is 3.04. The molecule has 5 rings (SSSR count). The first-order chi connectivity index (χ1) is 18.9. The van der Waals surface area contributed by atoms with Crippen LogP contribution in [0.15, 0.2) is 72.9 Å². The van der Waals surface area contributed by atoms with Crippen LogP contribution in [0.3, 0.4) is 0 Å². The minimum Gasteiger partial charge on any atom is -0.497 e. The van der Waals surface area contributed by atoms with Crippen LogP contribution in [0.1, 0.15) is 44.8 Å². The average Bonchev–Trinajstić information content (AvgIpc) is 3.34. The van der Waals surface area contributed by atoms with Crippen LogP contribution in [0, 0.1) is 6.92 Å². The number of aromatic nitrogens is 1. The highest BCUT2D eigenvalue weighted by atomic mass is 16.5. The van der Waals surface area contributed by atoms with E-state index in [1.807, 2.05) is 43.3 Å². The molecule has 3 aromatic rings. The van der Waals surface area contributed by atoms with Gasteiger partial charge in [0.05, 0.1) is 26.0 Å². The number of piperidine rings is 1. The van der Waals surface area contributed by atoms with Crippen LogP contribution in [0.5, 0.6) is 5.75 Å². The van der Waals surface area contributed by atoms with Crippen LogP contribution in [-0.4, -0.2) is 71.1 Å². The van der Waals surface area contributed by atoms with Gasteiger partial charge in [-0.05, 0) is 55.5 Å². The van der Waals surface area contributed by atoms with Crippen LogP contribution in [0.4, 0.5) is 0 Å². The first kappa shape index (κ1) is 26.4. The van der Waals surface area contributed by atoms with Crippen molar-refractivity contribution >= 4 is 17.7 Å². The van der Waals surface area contributed by atoms with Crippen LogP contribution >= 0.6 is 0 Å². The lowest BCUT2D eigenvalue weighted by atomic mass is 9.95. The first-order valence-electron chi connectivity index (χ1n) is 13.1. The molecule has 1 atom stereocenters. The zero-order chi connectivity index (χ0) is 27.4. The molecular formula is C30H32N4O5. The lowest BCUT2D eigenvalue weighted by Crippen LogP contribution is -2.59. The molecule has 0 saturated carbocycles. The number of likely N-dealkylation sites (tertiary alicyclic amines) is 1. The lowest BCUT2D eigenvalue weighted by molar-refractivity contribution is -0.128. The molecule has 39 heavy (non-hydrogen) atoms. The van der Waals surface area contributed by atoms with Crippen molar-refractivity contribution in [3.63, 3.8) is 0 Å². The van der Waals surface area contributed by atoms with E-state index < -0.39 is 11.8 Å². The summed E-state index contributed by atoms with van der Waals surface area (Å²) in [4.78, 5) is 48.1. The number of amides is 3. The second kappa shape index (κ2) is 11.2. The number of methoxy groups -OCH3 is 1. The van der Waals surface area contributed by atoms with Gasteiger partial charge in [0.15, 0.2) is 0 Å². The summed E-state index contributed by atoms with van der Waals surface area (Å²) in [6.07, 6.45) is 2.47. The second-order valence-electron chi connectivity index (χ2n) is 9.88. The Morgan fingerprint density at radius 1 is 1.00 bits per heavy atom. The predicted molar refractivity (Wildman–Crippen MR) is 144 cm³/mol. The minimum absolute atomic E-state index is 0.0814. The molecule has 202 valence electrons. The number of carbonyl (C=O) groups is 3. The Kier molecular flexibility index (Phi) is 7.60. The van der Waals surface area contributed by atoms with Crippen LogP contribution < -0.4 is 10.1 Å². The Balaban J connectivity index is 1.35. The van der Waals surface area contributed by atoms with Crippen LogP contribution in [0.2, 0.25) is 0 Å². The van der Waals surface area contributed by atoms with E-state index in [0.29, 0.717) is 42.8 Å². The Morgan fingerprint density at radius 2 is 1.77 bits per heavy atom. The maximum Gasteiger partial charge on any atom is 0.256 e. The van der Waals surface area contributed by atoms with Gasteiger partial charge in [0.1, 0.15) is 17.5 Å². The van der Waals surface area contributed by atoms with Crippen molar-refractivity contribution in [3.05, 3.63) is 95.3 Å². The number of hydrogen-bond donors (Lipinski definition) is 1. The highest BCUT2D eigenvalue weighted by Crippen LogP contribution is 2.39. The molecule has 2 aliphatic heterocycles. The molecule has 0 radical (unpaired) electrons. The number of pyridine rings is 1. The smallest absolute Gasteiger partial charge is 0.256 e. The molecule has 1 unspecified atom stereocenters. The molecule has 9 nitrogen and oxygen atoms in total. The summed E-state index contributed by atoms with van der Waals surface area (Å²) in [6, 6.07) is 19.0. The quantitative estimate of drug-likeness (QED) is 0.528. The summed E-state index contributed by atoms with van der Waals surface area (Å²) in [5.74, 6) is 0.0345. The summed E-state index contributed by atoms with van der Waals surface area (Å²) >= 11 is 0. The normalized spacial score (nSPS) is 18.2. The number of ether oxygens (including phenoxy) is 2. The topological polar surface area (TPSA) is 101 Å². The van der Waals surface area contributed by atoms with Crippen LogP contribution in [-0.2, 0) is 16.1 Å². The van der Waals surface area contributed by atoms with E-state index in [0.717, 1.165) is 11.3 Å². The molecule has 3 heterocycles. The summed E-state index contributed by atoms with van der Waals surface area (Å²) < 4.78 is 11.5. The Bertz CT molecular complexity index is 1340. The minimum atomic E-state index is -0.982. The van der Waals surface area contributed by atoms with Crippen molar-refractivity contribution in [3.8, 4) is 5.75 Å². The SMILES string of the molecule is COc1ccc(C(=O)N2CCC3(CC2)OCC(C(=O)NCc2ccccn2)N3C(=O)c2cccc(C)c2)cc1. The number of hydrogen-bond acceptors (Lipinski definition) is 6. The Labute approximate surface area is 227 Å². The third kappa shape index (κ3) is 5.49. The molecule has 0 bridgehead atoms. The number of benzene rings is 2. The average molecular weight is 529 g/mol. The van der Waals surface area contributed by atoms with Gasteiger partial charge in [-0.15, -0.1) is 0 Å². The highest BCUT2D eigenvalue weighted by molar-refractivity contribution is 5.99. The number of rotatable bonds is 6. The van der Waals surface area contributed by atoms with Crippen LogP contribution in [0.25, 0.3) is 0 Å². The lowest BCUT2D eigenvalue weighted by Gasteiger charge is -2.44. The number of nitrogens with one attached hydrogen (secondary N) is 1. The first-order valence-corrected chi connectivity index (χ1v) is 13.1. The van der Waals surface area contributed by atoms with Gasteiger partial charge < -0.3 is 19.7 Å². The van der Waals surface area contributed by atoms with Gasteiger partial charge in [-0.1, -0.05) is 23.8 Å². The Morgan fingerprint density at radius 3 is 2.44 bits per heavy atom. The molecule has 1 spiro atoms. The van der Waals surface area contributed by atoms with Crippen molar-refractivity contribution in [2.24, 2.45) is 0 Å². The zero-order valence-corrected chi connectivity index (χ0v) is 22.1. The van der Waals surface area contributed by atoms with Crippen molar-refractivity contribution in [2.45, 2.75) is 38.1 Å². The molecule has 2 aromatic carbocycles. The predicted octanol–water partition coefficient (Wildman–Crippen LogP) is 3.19. The van der Waals surface area contributed by atoms with E-state index in [-0.39, 0.29) is 30.9 Å². The van der Waals surface area contributed by atoms with Gasteiger partial charge in [0, 0.05) is 43.3 Å². The zero-order valence-electron chi connectivity index (χ0n) is 22.1. The van der Waals surface area contributed by atoms with Gasteiger partial charge in [-0.2, -0.15) is 0 Å². The van der Waals surface area contributed by atoms with E-state index in [1.54, 1.807) is 53.4 Å². The molecule has 9 heteroatoms. The molecule has 1 N–H and O–H groups in total. The molecule has 2 aliphatic rings. The van der Waals surface area contributed by atoms with Crippen molar-refractivity contribution in [1.82, 2.24) is 20.1 Å². The molecule has 2 saturated heterocycles.